The maximum absolute atomic E-state index is 8.56. The van der Waals surface area contributed by atoms with Crippen molar-refractivity contribution < 1.29 is 15.0 Å². The first-order valence-corrected chi connectivity index (χ1v) is 2.14. The molecule has 0 bridgehead atoms. The number of carboxylic acid groups (broad SMARTS) is 2. The molecule has 0 aliphatic carbocycles. The van der Waals surface area contributed by atoms with Crippen LogP contribution in [0.15, 0.2) is 12.2 Å². The summed E-state index contributed by atoms with van der Waals surface area (Å²) in [5.41, 5.74) is 0. The van der Waals surface area contributed by atoms with Crippen molar-refractivity contribution in [2.45, 2.75) is 13.8 Å². The molecular weight excluding hydrogens is 108 g/mol. The SMILES string of the molecule is CC=CC.O=C(O)O. The summed E-state index contributed by atoms with van der Waals surface area (Å²) in [5.74, 6) is 0. The number of hydrogen-bond donors (Lipinski definition) is 2. The van der Waals surface area contributed by atoms with Crippen LogP contribution in [-0.4, -0.2) is 16.4 Å². The molecule has 0 saturated carbocycles. The van der Waals surface area contributed by atoms with Crippen molar-refractivity contribution >= 4 is 6.16 Å². The van der Waals surface area contributed by atoms with Crippen molar-refractivity contribution in [1.82, 2.24) is 0 Å². The van der Waals surface area contributed by atoms with Crippen LogP contribution in [0.1, 0.15) is 13.8 Å². The van der Waals surface area contributed by atoms with Crippen molar-refractivity contribution in [2.75, 3.05) is 0 Å². The Morgan fingerprint density at radius 3 is 1.38 bits per heavy atom. The third kappa shape index (κ3) is 806000. The lowest BCUT2D eigenvalue weighted by Gasteiger charge is -1.60. The minimum atomic E-state index is -1.83. The molecule has 0 saturated heterocycles. The van der Waals surface area contributed by atoms with Crippen LogP contribution >= 0.6 is 0 Å². The van der Waals surface area contributed by atoms with Gasteiger partial charge in [0.25, 0.3) is 0 Å². The Labute approximate surface area is 48.3 Å². The Balaban J connectivity index is 0. The van der Waals surface area contributed by atoms with Crippen LogP contribution in [0.2, 0.25) is 0 Å². The Hall–Kier alpha value is -0.990. The van der Waals surface area contributed by atoms with Gasteiger partial charge in [0.1, 0.15) is 0 Å². The van der Waals surface area contributed by atoms with Crippen LogP contribution < -0.4 is 0 Å². The highest BCUT2D eigenvalue weighted by molar-refractivity contribution is 5.53. The highest BCUT2D eigenvalue weighted by Gasteiger charge is 1.70. The predicted molar refractivity (Wildman–Crippen MR) is 31.1 cm³/mol. The zero-order valence-electron chi connectivity index (χ0n) is 4.96. The molecule has 0 aromatic heterocycles. The third-order valence-electron chi connectivity index (χ3n) is 0.333. The van der Waals surface area contributed by atoms with Gasteiger partial charge >= 0.3 is 6.16 Å². The molecule has 0 unspecified atom stereocenters. The van der Waals surface area contributed by atoms with Gasteiger partial charge in [-0.3, -0.25) is 0 Å². The van der Waals surface area contributed by atoms with Crippen molar-refractivity contribution in [3.05, 3.63) is 12.2 Å². The smallest absolute Gasteiger partial charge is 0.450 e. The molecule has 3 heteroatoms. The molecule has 0 heterocycles. The average Bonchev–Trinajstić information content (AvgIpc) is 1.65. The van der Waals surface area contributed by atoms with Gasteiger partial charge in [-0.15, -0.1) is 0 Å². The van der Waals surface area contributed by atoms with Gasteiger partial charge in [0, 0.05) is 0 Å². The number of carbonyl (C=O) groups is 1. The summed E-state index contributed by atoms with van der Waals surface area (Å²) in [6, 6.07) is 0. The van der Waals surface area contributed by atoms with E-state index in [2.05, 4.69) is 0 Å². The standard InChI is InChI=1S/C4H8.CH2O3/c1-3-4-2;2-1(3)4/h3-4H,1-2H3;(H2,2,3,4). The van der Waals surface area contributed by atoms with E-state index < -0.39 is 6.16 Å². The van der Waals surface area contributed by atoms with Gasteiger partial charge in [0.2, 0.25) is 0 Å². The van der Waals surface area contributed by atoms with Crippen LogP contribution in [0.4, 0.5) is 4.79 Å². The van der Waals surface area contributed by atoms with Crippen LogP contribution in [0.25, 0.3) is 0 Å². The summed E-state index contributed by atoms with van der Waals surface area (Å²) in [4.78, 5) is 8.56. The third-order valence-corrected chi connectivity index (χ3v) is 0.333. The highest BCUT2D eigenvalue weighted by Crippen LogP contribution is 1.57. The van der Waals surface area contributed by atoms with E-state index in [1.807, 2.05) is 26.0 Å². The van der Waals surface area contributed by atoms with E-state index in [0.717, 1.165) is 0 Å². The second-order valence-corrected chi connectivity index (χ2v) is 0.949. The molecule has 0 spiro atoms. The molecule has 0 aliphatic rings. The van der Waals surface area contributed by atoms with Crippen molar-refractivity contribution in [2.24, 2.45) is 0 Å². The van der Waals surface area contributed by atoms with Crippen molar-refractivity contribution in [3.8, 4) is 0 Å². The average molecular weight is 118 g/mol. The topological polar surface area (TPSA) is 57.5 Å². The fraction of sp³-hybridized carbons (Fsp3) is 0.400. The summed E-state index contributed by atoms with van der Waals surface area (Å²) in [5, 5.41) is 13.9. The molecule has 0 amide bonds. The fourth-order valence-corrected chi connectivity index (χ4v) is 0. The molecule has 0 radical (unpaired) electrons. The molecule has 3 nitrogen and oxygen atoms in total. The Kier molecular flexibility index (Phi) is 11.8. The molecule has 48 valence electrons. The largest absolute Gasteiger partial charge is 0.503 e. The van der Waals surface area contributed by atoms with Crippen molar-refractivity contribution in [3.63, 3.8) is 0 Å². The molecule has 0 atom stereocenters. The first-order chi connectivity index (χ1) is 3.65. The molecule has 0 fully saturated rings. The maximum atomic E-state index is 8.56. The predicted octanol–water partition coefficient (Wildman–Crippen LogP) is 1.80. The van der Waals surface area contributed by atoms with Crippen LogP contribution in [0.5, 0.6) is 0 Å². The molecular formula is C5H10O3. The zero-order valence-corrected chi connectivity index (χ0v) is 4.96. The normalized spacial score (nSPS) is 7.75. The first kappa shape index (κ1) is 10.1. The van der Waals surface area contributed by atoms with Gasteiger partial charge in [0.05, 0.1) is 0 Å². The van der Waals surface area contributed by atoms with Crippen LogP contribution in [-0.2, 0) is 0 Å². The lowest BCUT2D eigenvalue weighted by atomic mass is 10.6. The first-order valence-electron chi connectivity index (χ1n) is 2.14. The molecule has 0 aromatic carbocycles. The summed E-state index contributed by atoms with van der Waals surface area (Å²) in [7, 11) is 0. The van der Waals surface area contributed by atoms with Crippen LogP contribution in [0.3, 0.4) is 0 Å². The van der Waals surface area contributed by atoms with Crippen molar-refractivity contribution in [1.29, 1.82) is 0 Å². The lowest BCUT2D eigenvalue weighted by molar-refractivity contribution is 0.137. The fourth-order valence-electron chi connectivity index (χ4n) is 0. The number of hydrogen-bond acceptors (Lipinski definition) is 1. The quantitative estimate of drug-likeness (QED) is 0.477. The summed E-state index contributed by atoms with van der Waals surface area (Å²) < 4.78 is 0. The van der Waals surface area contributed by atoms with Gasteiger partial charge in [-0.1, -0.05) is 12.2 Å². The lowest BCUT2D eigenvalue weighted by Crippen LogP contribution is -1.81. The summed E-state index contributed by atoms with van der Waals surface area (Å²) in [6.07, 6.45) is 2.17. The molecule has 2 N–H and O–H groups in total. The van der Waals surface area contributed by atoms with Gasteiger partial charge in [0.15, 0.2) is 0 Å². The van der Waals surface area contributed by atoms with Crippen LogP contribution in [0, 0.1) is 0 Å². The second-order valence-electron chi connectivity index (χ2n) is 0.949. The summed E-state index contributed by atoms with van der Waals surface area (Å²) in [6.45, 7) is 4.00. The highest BCUT2D eigenvalue weighted by atomic mass is 16.6. The van der Waals surface area contributed by atoms with E-state index in [1.165, 1.54) is 0 Å². The Morgan fingerprint density at radius 1 is 1.25 bits per heavy atom. The van der Waals surface area contributed by atoms with E-state index in [4.69, 9.17) is 15.0 Å². The monoisotopic (exact) mass is 118 g/mol. The maximum Gasteiger partial charge on any atom is 0.503 e. The summed E-state index contributed by atoms with van der Waals surface area (Å²) >= 11 is 0. The van der Waals surface area contributed by atoms with E-state index in [0.29, 0.717) is 0 Å². The zero-order chi connectivity index (χ0) is 6.99. The van der Waals surface area contributed by atoms with E-state index in [1.54, 1.807) is 0 Å². The molecule has 0 aromatic rings. The second kappa shape index (κ2) is 9.38. The molecule has 0 aliphatic heterocycles. The molecule has 0 rings (SSSR count). The number of allylic oxidation sites excluding steroid dienone is 2. The minimum absolute atomic E-state index is 1.83. The minimum Gasteiger partial charge on any atom is -0.450 e. The number of rotatable bonds is 0. The van der Waals surface area contributed by atoms with E-state index in [-0.39, 0.29) is 0 Å². The van der Waals surface area contributed by atoms with Gasteiger partial charge in [-0.25, -0.2) is 4.79 Å². The van der Waals surface area contributed by atoms with Gasteiger partial charge in [-0.2, -0.15) is 0 Å². The van der Waals surface area contributed by atoms with Gasteiger partial charge < -0.3 is 10.2 Å². The Morgan fingerprint density at radius 2 is 1.38 bits per heavy atom. The Bertz CT molecular complexity index is 67.7. The van der Waals surface area contributed by atoms with E-state index in [9.17, 15) is 0 Å². The van der Waals surface area contributed by atoms with E-state index >= 15 is 0 Å². The molecule has 8 heavy (non-hydrogen) atoms. The van der Waals surface area contributed by atoms with Gasteiger partial charge in [-0.05, 0) is 13.8 Å².